The van der Waals surface area contributed by atoms with Crippen LogP contribution in [-0.4, -0.2) is 62.2 Å². The first-order valence-electron chi connectivity index (χ1n) is 10.4. The number of sulfone groups is 1. The highest BCUT2D eigenvalue weighted by Gasteiger charge is 2.38. The normalized spacial score (nSPS) is 19.7. The topological polar surface area (TPSA) is 61.8 Å². The number of hydrogen-bond acceptors (Lipinski definition) is 4. The van der Waals surface area contributed by atoms with Gasteiger partial charge in [0, 0.05) is 42.9 Å². The van der Waals surface area contributed by atoms with E-state index >= 15 is 0 Å². The third kappa shape index (κ3) is 7.02. The summed E-state index contributed by atoms with van der Waals surface area (Å²) in [6.07, 6.45) is 8.82. The van der Waals surface area contributed by atoms with Gasteiger partial charge in [-0.25, -0.2) is 8.42 Å². The van der Waals surface area contributed by atoms with Crippen molar-refractivity contribution in [1.82, 2.24) is 10.2 Å². The van der Waals surface area contributed by atoms with E-state index in [1.807, 2.05) is 12.1 Å². The van der Waals surface area contributed by atoms with Crippen LogP contribution in [0.3, 0.4) is 0 Å². The van der Waals surface area contributed by atoms with Gasteiger partial charge in [-0.05, 0) is 43.9 Å². The van der Waals surface area contributed by atoms with Crippen molar-refractivity contribution in [3.8, 4) is 0 Å². The Bertz CT molecular complexity index is 770. The van der Waals surface area contributed by atoms with Crippen LogP contribution >= 0.6 is 35.7 Å². The lowest BCUT2D eigenvalue weighted by atomic mass is 9.87. The molecule has 1 aliphatic carbocycles. The van der Waals surface area contributed by atoms with E-state index < -0.39 is 9.84 Å². The van der Waals surface area contributed by atoms with Crippen molar-refractivity contribution in [2.45, 2.75) is 55.1 Å². The van der Waals surface area contributed by atoms with Crippen LogP contribution in [-0.2, 0) is 16.3 Å². The molecule has 1 aromatic rings. The first kappa shape index (κ1) is 24.8. The molecule has 0 unspecified atom stereocenters. The van der Waals surface area contributed by atoms with Crippen molar-refractivity contribution < 1.29 is 8.42 Å². The summed E-state index contributed by atoms with van der Waals surface area (Å²) < 4.78 is 23.6. The molecule has 0 bridgehead atoms. The fourth-order valence-corrected chi connectivity index (χ4v) is 6.34. The highest BCUT2D eigenvalue weighted by atomic mass is 127. The standard InChI is InChI=1S/C21H33N3O2S2.HI/c1-3-22-20(24-15-16-27-21(17-24)12-5-4-6-13-21)23-14-11-18-7-9-19(10-8-18)28(2,25)26;/h7-10H,3-6,11-17H2,1-2H3,(H,22,23);1H. The summed E-state index contributed by atoms with van der Waals surface area (Å²) in [7, 11) is -3.14. The van der Waals surface area contributed by atoms with Gasteiger partial charge in [-0.3, -0.25) is 4.99 Å². The fourth-order valence-electron chi connectivity index (χ4n) is 4.14. The summed E-state index contributed by atoms with van der Waals surface area (Å²) in [5.41, 5.74) is 1.12. The van der Waals surface area contributed by atoms with E-state index in [4.69, 9.17) is 4.99 Å². The molecule has 1 aromatic carbocycles. The minimum atomic E-state index is -3.14. The van der Waals surface area contributed by atoms with Gasteiger partial charge in [0.2, 0.25) is 0 Å². The van der Waals surface area contributed by atoms with Gasteiger partial charge in [0.05, 0.1) is 4.90 Å². The van der Waals surface area contributed by atoms with Crippen molar-refractivity contribution in [3.05, 3.63) is 29.8 Å². The molecule has 3 rings (SSSR count). The summed E-state index contributed by atoms with van der Waals surface area (Å²) in [6.45, 7) is 5.86. The predicted molar refractivity (Wildman–Crippen MR) is 134 cm³/mol. The van der Waals surface area contributed by atoms with Crippen LogP contribution < -0.4 is 5.32 Å². The Hall–Kier alpha value is -0.480. The zero-order valence-corrected chi connectivity index (χ0v) is 21.5. The Labute approximate surface area is 197 Å². The number of nitrogens with zero attached hydrogens (tertiary/aromatic N) is 2. The lowest BCUT2D eigenvalue weighted by Crippen LogP contribution is -2.53. The molecule has 0 radical (unpaired) electrons. The van der Waals surface area contributed by atoms with E-state index in [2.05, 4.69) is 28.9 Å². The maximum absolute atomic E-state index is 11.6. The van der Waals surface area contributed by atoms with Crippen molar-refractivity contribution in [1.29, 1.82) is 0 Å². The molecule has 1 heterocycles. The SMILES string of the molecule is CCNC(=NCCc1ccc(S(C)(=O)=O)cc1)N1CCSC2(CCCCC2)C1.I. The maximum atomic E-state index is 11.6. The highest BCUT2D eigenvalue weighted by molar-refractivity contribution is 14.0. The van der Waals surface area contributed by atoms with Gasteiger partial charge in [0.1, 0.15) is 0 Å². The number of hydrogen-bond donors (Lipinski definition) is 1. The summed E-state index contributed by atoms with van der Waals surface area (Å²) in [5, 5.41) is 3.48. The van der Waals surface area contributed by atoms with Crippen LogP contribution in [0.4, 0.5) is 0 Å². The number of nitrogens with one attached hydrogen (secondary N) is 1. The Kier molecular flexibility index (Phi) is 9.60. The van der Waals surface area contributed by atoms with Crippen LogP contribution in [0.25, 0.3) is 0 Å². The Morgan fingerprint density at radius 2 is 1.90 bits per heavy atom. The molecule has 0 aromatic heterocycles. The monoisotopic (exact) mass is 551 g/mol. The third-order valence-corrected chi connectivity index (χ3v) is 8.33. The van der Waals surface area contributed by atoms with Crippen molar-refractivity contribution in [3.63, 3.8) is 0 Å². The molecule has 1 spiro atoms. The van der Waals surface area contributed by atoms with Gasteiger partial charge < -0.3 is 10.2 Å². The first-order valence-corrected chi connectivity index (χ1v) is 13.3. The summed E-state index contributed by atoms with van der Waals surface area (Å²) in [4.78, 5) is 7.71. The zero-order chi connectivity index (χ0) is 20.0. The first-order chi connectivity index (χ1) is 13.4. The molecule has 0 atom stereocenters. The largest absolute Gasteiger partial charge is 0.357 e. The van der Waals surface area contributed by atoms with Gasteiger partial charge >= 0.3 is 0 Å². The van der Waals surface area contributed by atoms with Crippen LogP contribution in [0.1, 0.15) is 44.6 Å². The summed E-state index contributed by atoms with van der Waals surface area (Å²) in [5.74, 6) is 2.21. The second-order valence-electron chi connectivity index (χ2n) is 7.92. The number of halogens is 1. The van der Waals surface area contributed by atoms with Crippen LogP contribution in [0.2, 0.25) is 0 Å². The number of benzene rings is 1. The minimum Gasteiger partial charge on any atom is -0.357 e. The zero-order valence-electron chi connectivity index (χ0n) is 17.5. The number of guanidine groups is 1. The molecule has 2 aliphatic rings. The molecule has 1 aliphatic heterocycles. The van der Waals surface area contributed by atoms with E-state index in [9.17, 15) is 8.42 Å². The van der Waals surface area contributed by atoms with E-state index in [0.29, 0.717) is 16.2 Å². The number of thioether (sulfide) groups is 1. The molecule has 1 saturated heterocycles. The molecule has 8 heteroatoms. The predicted octanol–water partition coefficient (Wildman–Crippen LogP) is 3.97. The molecule has 164 valence electrons. The summed E-state index contributed by atoms with van der Waals surface area (Å²) in [6, 6.07) is 7.17. The smallest absolute Gasteiger partial charge is 0.193 e. The Morgan fingerprint density at radius 1 is 1.21 bits per heavy atom. The van der Waals surface area contributed by atoms with Crippen LogP contribution in [0, 0.1) is 0 Å². The lowest BCUT2D eigenvalue weighted by Gasteiger charge is -2.45. The van der Waals surface area contributed by atoms with E-state index in [-0.39, 0.29) is 24.0 Å². The minimum absolute atomic E-state index is 0. The summed E-state index contributed by atoms with van der Waals surface area (Å²) >= 11 is 2.18. The van der Waals surface area contributed by atoms with Crippen molar-refractivity contribution >= 4 is 51.5 Å². The van der Waals surface area contributed by atoms with Gasteiger partial charge in [-0.1, -0.05) is 31.4 Å². The van der Waals surface area contributed by atoms with Gasteiger partial charge in [0.15, 0.2) is 15.8 Å². The second-order valence-corrected chi connectivity index (χ2v) is 11.5. The van der Waals surface area contributed by atoms with Crippen molar-refractivity contribution in [2.75, 3.05) is 38.2 Å². The van der Waals surface area contributed by atoms with E-state index in [0.717, 1.165) is 37.6 Å². The average molecular weight is 552 g/mol. The molecule has 5 nitrogen and oxygen atoms in total. The third-order valence-electron chi connectivity index (χ3n) is 5.66. The fraction of sp³-hybridized carbons (Fsp3) is 0.667. The highest BCUT2D eigenvalue weighted by Crippen LogP contribution is 2.42. The molecule has 1 saturated carbocycles. The quantitative estimate of drug-likeness (QED) is 0.341. The number of aliphatic imine (C=N–C) groups is 1. The Balaban J connectivity index is 0.00000300. The molecular weight excluding hydrogens is 517 g/mol. The number of rotatable bonds is 5. The molecular formula is C21H34IN3O2S2. The van der Waals surface area contributed by atoms with E-state index in [1.165, 1.54) is 44.1 Å². The Morgan fingerprint density at radius 3 is 2.52 bits per heavy atom. The van der Waals surface area contributed by atoms with E-state index in [1.54, 1.807) is 12.1 Å². The van der Waals surface area contributed by atoms with Crippen LogP contribution in [0.15, 0.2) is 34.2 Å². The van der Waals surface area contributed by atoms with Crippen molar-refractivity contribution in [2.24, 2.45) is 4.99 Å². The van der Waals surface area contributed by atoms with Gasteiger partial charge in [-0.2, -0.15) is 11.8 Å². The average Bonchev–Trinajstić information content (AvgIpc) is 2.68. The van der Waals surface area contributed by atoms with Gasteiger partial charge in [0.25, 0.3) is 0 Å². The maximum Gasteiger partial charge on any atom is 0.193 e. The molecule has 0 amide bonds. The van der Waals surface area contributed by atoms with Crippen LogP contribution in [0.5, 0.6) is 0 Å². The molecule has 1 N–H and O–H groups in total. The van der Waals surface area contributed by atoms with Gasteiger partial charge in [-0.15, -0.1) is 24.0 Å². The second kappa shape index (κ2) is 11.2. The lowest BCUT2D eigenvalue weighted by molar-refractivity contribution is 0.293. The molecule has 29 heavy (non-hydrogen) atoms. The molecule has 2 fully saturated rings.